The topological polar surface area (TPSA) is 163 Å². The molecule has 0 aromatic carbocycles. The molecule has 0 aromatic rings. The van der Waals surface area contributed by atoms with Crippen LogP contribution in [0.2, 0.25) is 0 Å². The van der Waals surface area contributed by atoms with E-state index in [4.69, 9.17) is 18.1 Å². The van der Waals surface area contributed by atoms with Gasteiger partial charge in [-0.1, -0.05) is 41.5 Å². The fraction of sp³-hybridized carbons (Fsp3) is 0.929. The molecular weight excluding hydrogens is 522 g/mol. The lowest BCUT2D eigenvalue weighted by atomic mass is 10.8. The van der Waals surface area contributed by atoms with Crippen LogP contribution in [0.15, 0.2) is 0 Å². The Hall–Kier alpha value is 1.12. The molecule has 0 saturated heterocycles. The second-order valence-corrected chi connectivity index (χ2v) is 20.2. The smallest absolute Gasteiger partial charge is 0.569 e. The highest BCUT2D eigenvalue weighted by Gasteiger charge is 2.48. The third-order valence-corrected chi connectivity index (χ3v) is 18.7. The van der Waals surface area contributed by atoms with E-state index in [-0.39, 0.29) is 30.1 Å². The van der Waals surface area contributed by atoms with Crippen LogP contribution in [0.25, 0.3) is 0 Å². The Morgan fingerprint density at radius 1 is 0.806 bits per heavy atom. The van der Waals surface area contributed by atoms with Crippen LogP contribution < -0.4 is 0 Å². The van der Waals surface area contributed by atoms with Gasteiger partial charge in [0.05, 0.1) is 0 Å². The molecule has 0 aliphatic rings. The molecular formula is C14H34Al2O11P4+. The van der Waals surface area contributed by atoms with Gasteiger partial charge >= 0.3 is 45.0 Å². The van der Waals surface area contributed by atoms with E-state index < -0.39 is 73.3 Å². The summed E-state index contributed by atoms with van der Waals surface area (Å²) >= 11 is -4.63. The molecule has 31 heavy (non-hydrogen) atoms. The van der Waals surface area contributed by atoms with Gasteiger partial charge in [0, 0.05) is 37.0 Å². The van der Waals surface area contributed by atoms with Crippen LogP contribution >= 0.6 is 30.1 Å². The van der Waals surface area contributed by atoms with E-state index >= 15 is 0 Å². The summed E-state index contributed by atoms with van der Waals surface area (Å²) in [4.78, 5) is 12.2. The van der Waals surface area contributed by atoms with Crippen LogP contribution in [0.3, 0.4) is 0 Å². The molecule has 0 fully saturated rings. The molecule has 0 bridgehead atoms. The highest BCUT2D eigenvalue weighted by molar-refractivity contribution is 7.61. The Labute approximate surface area is 198 Å². The van der Waals surface area contributed by atoms with Crippen LogP contribution in [-0.4, -0.2) is 85.6 Å². The van der Waals surface area contributed by atoms with Gasteiger partial charge in [0.2, 0.25) is 0 Å². The van der Waals surface area contributed by atoms with Crippen LogP contribution in [-0.2, 0) is 41.1 Å². The van der Waals surface area contributed by atoms with Crippen molar-refractivity contribution in [2.75, 3.05) is 43.1 Å². The molecule has 181 valence electrons. The summed E-state index contributed by atoms with van der Waals surface area (Å²) in [6.45, 7) is 10.2. The minimum Gasteiger partial charge on any atom is -0.569 e. The van der Waals surface area contributed by atoms with Gasteiger partial charge in [-0.15, -0.1) is 0 Å². The van der Waals surface area contributed by atoms with Gasteiger partial charge < -0.3 is 20.0 Å². The summed E-state index contributed by atoms with van der Waals surface area (Å²) in [5, 5.41) is 0. The molecule has 1 radical (unpaired) electrons. The van der Waals surface area contributed by atoms with Gasteiger partial charge in [-0.3, -0.25) is 22.1 Å². The SMILES string of the molecule is CCP(=O)(CC)[O][Al][O][P+](=O)CC(=O)[O][Al]([O]P(=O)(CC)CC)[O]P(=O)(CC)CC.O. The first-order valence-electron chi connectivity index (χ1n) is 9.86. The Kier molecular flexibility index (Phi) is 18.5. The molecule has 11 nitrogen and oxygen atoms in total. The van der Waals surface area contributed by atoms with E-state index in [1.807, 2.05) is 0 Å². The van der Waals surface area contributed by atoms with Crippen molar-refractivity contribution in [2.24, 2.45) is 0 Å². The molecule has 1 atom stereocenters. The molecule has 0 heterocycles. The molecule has 0 aromatic heterocycles. The molecule has 0 amide bonds. The van der Waals surface area contributed by atoms with Gasteiger partial charge in [-0.2, -0.15) is 0 Å². The lowest BCUT2D eigenvalue weighted by Gasteiger charge is -2.22. The Morgan fingerprint density at radius 2 is 1.19 bits per heavy atom. The number of carbonyl (C=O) groups is 1. The predicted octanol–water partition coefficient (Wildman–Crippen LogP) is 3.99. The second-order valence-electron chi connectivity index (χ2n) is 6.13. The summed E-state index contributed by atoms with van der Waals surface area (Å²) < 4.78 is 75.8. The number of carbonyl (C=O) groups excluding carboxylic acids is 1. The van der Waals surface area contributed by atoms with E-state index in [9.17, 15) is 23.1 Å². The van der Waals surface area contributed by atoms with Crippen molar-refractivity contribution in [1.29, 1.82) is 0 Å². The molecule has 0 aliphatic heterocycles. The zero-order chi connectivity index (χ0) is 23.4. The van der Waals surface area contributed by atoms with Crippen LogP contribution in [0.4, 0.5) is 0 Å². The van der Waals surface area contributed by atoms with Gasteiger partial charge in [0.15, 0.2) is 22.1 Å². The summed E-state index contributed by atoms with van der Waals surface area (Å²) in [5.74, 6) is -0.932. The predicted molar refractivity (Wildman–Crippen MR) is 124 cm³/mol. The maximum absolute atomic E-state index is 12.6. The van der Waals surface area contributed by atoms with Crippen molar-refractivity contribution in [1.82, 2.24) is 0 Å². The highest BCUT2D eigenvalue weighted by atomic mass is 31.2. The van der Waals surface area contributed by atoms with Crippen LogP contribution in [0.5, 0.6) is 0 Å². The lowest BCUT2D eigenvalue weighted by Crippen LogP contribution is -2.30. The molecule has 17 heteroatoms. The summed E-state index contributed by atoms with van der Waals surface area (Å²) in [7, 11) is -11.4. The van der Waals surface area contributed by atoms with Gasteiger partial charge in [0.1, 0.15) is 0 Å². The normalized spacial score (nSPS) is 12.6. The quantitative estimate of drug-likeness (QED) is 0.189. The summed E-state index contributed by atoms with van der Waals surface area (Å²) in [6.07, 6.45) is 0.921. The third kappa shape index (κ3) is 13.6. The van der Waals surface area contributed by atoms with E-state index in [1.54, 1.807) is 41.5 Å². The number of hydrogen-bond acceptors (Lipinski definition) is 10. The fourth-order valence-electron chi connectivity index (χ4n) is 1.93. The minimum atomic E-state index is -3.36. The van der Waals surface area contributed by atoms with Crippen LogP contribution in [0, 0.1) is 0 Å². The zero-order valence-corrected chi connectivity index (χ0v) is 24.9. The van der Waals surface area contributed by atoms with E-state index in [1.165, 1.54) is 0 Å². The maximum Gasteiger partial charge on any atom is 1.01 e. The average molecular weight is 556 g/mol. The van der Waals surface area contributed by atoms with E-state index in [0.29, 0.717) is 12.3 Å². The molecule has 0 aliphatic carbocycles. The van der Waals surface area contributed by atoms with Crippen LogP contribution in [0.1, 0.15) is 41.5 Å². The first-order valence-corrected chi connectivity index (χ1v) is 19.6. The molecule has 0 spiro atoms. The van der Waals surface area contributed by atoms with Gasteiger partial charge in [0.25, 0.3) is 6.16 Å². The number of hydrogen-bond donors (Lipinski definition) is 0. The van der Waals surface area contributed by atoms with Crippen molar-refractivity contribution in [3.8, 4) is 0 Å². The van der Waals surface area contributed by atoms with E-state index in [2.05, 4.69) is 0 Å². The first-order chi connectivity index (χ1) is 13.9. The van der Waals surface area contributed by atoms with Crippen molar-refractivity contribution in [3.63, 3.8) is 0 Å². The minimum absolute atomic E-state index is 0. The van der Waals surface area contributed by atoms with Crippen molar-refractivity contribution in [2.45, 2.75) is 41.5 Å². The lowest BCUT2D eigenvalue weighted by molar-refractivity contribution is -0.133. The second kappa shape index (κ2) is 16.7. The summed E-state index contributed by atoms with van der Waals surface area (Å²) in [6, 6.07) is 0. The summed E-state index contributed by atoms with van der Waals surface area (Å²) in [5.41, 5.74) is 0. The zero-order valence-electron chi connectivity index (χ0n) is 19.0. The Morgan fingerprint density at radius 3 is 1.55 bits per heavy atom. The monoisotopic (exact) mass is 556 g/mol. The van der Waals surface area contributed by atoms with Gasteiger partial charge in [-0.25, -0.2) is 0 Å². The average Bonchev–Trinajstić information content (AvgIpc) is 2.72. The standard InChI is InChI=1S/3C4H11O2P.C2H3O4P.2Al.H2O/c3*1-3-7(5,6)4-2;3-2(4)1-7(5)6;;;/h3*3-4H2,1-2H3,(H,5,6);1H2,(H,3,4);;;1H2/q;;;;+2;+3;/p-4. The molecule has 0 saturated carbocycles. The first kappa shape index (κ1) is 34.3. The fourth-order valence-corrected chi connectivity index (χ4v) is 12.7. The number of rotatable bonds is 17. The molecule has 2 N–H and O–H groups in total. The molecule has 1 unspecified atom stereocenters. The third-order valence-electron chi connectivity index (χ3n) is 4.33. The molecule has 0 rings (SSSR count). The van der Waals surface area contributed by atoms with Crippen molar-refractivity contribution in [3.05, 3.63) is 0 Å². The van der Waals surface area contributed by atoms with E-state index in [0.717, 1.165) is 0 Å². The largest absolute Gasteiger partial charge is 1.01 e. The maximum atomic E-state index is 12.6. The van der Waals surface area contributed by atoms with Gasteiger partial charge in [-0.05, 0) is 4.57 Å². The van der Waals surface area contributed by atoms with Crippen molar-refractivity contribution < 1.29 is 46.6 Å². The highest BCUT2D eigenvalue weighted by Crippen LogP contribution is 2.52. The Bertz CT molecular complexity index is 654. The van der Waals surface area contributed by atoms with Crippen molar-refractivity contribution >= 4 is 67.1 Å². The Balaban J connectivity index is 0.